The second kappa shape index (κ2) is 7.98. The quantitative estimate of drug-likeness (QED) is 0.774. The molecule has 0 aromatic heterocycles. The second-order valence-corrected chi connectivity index (χ2v) is 7.72. The van der Waals surface area contributed by atoms with Gasteiger partial charge in [-0.25, -0.2) is 4.79 Å². The van der Waals surface area contributed by atoms with Gasteiger partial charge in [-0.2, -0.15) is 0 Å². The van der Waals surface area contributed by atoms with Crippen LogP contribution in [0.5, 0.6) is 0 Å². The summed E-state index contributed by atoms with van der Waals surface area (Å²) in [5, 5.41) is 6.11. The Hall–Kier alpha value is -2.57. The van der Waals surface area contributed by atoms with Crippen molar-refractivity contribution < 1.29 is 14.4 Å². The molecule has 1 aromatic carbocycles. The zero-order valence-electron chi connectivity index (χ0n) is 16.1. The summed E-state index contributed by atoms with van der Waals surface area (Å²) in [5.41, 5.74) is 0.932. The molecule has 2 saturated heterocycles. The summed E-state index contributed by atoms with van der Waals surface area (Å²) in [6.07, 6.45) is 1.43. The fourth-order valence-corrected chi connectivity index (χ4v) is 3.80. The van der Waals surface area contributed by atoms with E-state index in [2.05, 4.69) is 10.6 Å². The Balaban J connectivity index is 1.60. The highest BCUT2D eigenvalue weighted by atomic mass is 16.2. The van der Waals surface area contributed by atoms with E-state index in [1.165, 1.54) is 7.05 Å². The lowest BCUT2D eigenvalue weighted by Gasteiger charge is -2.36. The average Bonchev–Trinajstić information content (AvgIpc) is 2.93. The van der Waals surface area contributed by atoms with Gasteiger partial charge in [0.15, 0.2) is 0 Å². The molecule has 7 nitrogen and oxygen atoms in total. The van der Waals surface area contributed by atoms with Crippen LogP contribution in [-0.2, 0) is 9.59 Å². The molecule has 7 heteroatoms. The molecular weight excluding hydrogens is 344 g/mol. The minimum atomic E-state index is -0.455. The van der Waals surface area contributed by atoms with Crippen molar-refractivity contribution in [1.82, 2.24) is 15.1 Å². The predicted octanol–water partition coefficient (Wildman–Crippen LogP) is 1.91. The number of rotatable bonds is 5. The van der Waals surface area contributed by atoms with Crippen LogP contribution in [0, 0.1) is 11.8 Å². The lowest BCUT2D eigenvalue weighted by atomic mass is 9.88. The van der Waals surface area contributed by atoms with Crippen molar-refractivity contribution in [3.8, 4) is 0 Å². The van der Waals surface area contributed by atoms with Crippen molar-refractivity contribution >= 4 is 23.5 Å². The number of hydrogen-bond donors (Lipinski definition) is 2. The normalized spacial score (nSPS) is 22.1. The number of nitrogens with one attached hydrogen (secondary N) is 2. The van der Waals surface area contributed by atoms with Crippen molar-refractivity contribution in [3.05, 3.63) is 30.3 Å². The topological polar surface area (TPSA) is 81.8 Å². The Morgan fingerprint density at radius 3 is 2.30 bits per heavy atom. The van der Waals surface area contributed by atoms with Gasteiger partial charge in [0, 0.05) is 25.8 Å². The SMILES string of the molecule is CC(C)[C@H](Nc1ccccc1)C(=O)N1CCC(C2NC(=O)N(C)C2=O)CC1. The van der Waals surface area contributed by atoms with Gasteiger partial charge in [0.1, 0.15) is 12.1 Å². The number of imide groups is 1. The molecule has 2 fully saturated rings. The molecule has 4 amide bonds. The van der Waals surface area contributed by atoms with E-state index in [-0.39, 0.29) is 35.7 Å². The zero-order valence-corrected chi connectivity index (χ0v) is 16.1. The maximum atomic E-state index is 13.1. The molecule has 0 bridgehead atoms. The number of anilines is 1. The van der Waals surface area contributed by atoms with Gasteiger partial charge < -0.3 is 15.5 Å². The van der Waals surface area contributed by atoms with Crippen LogP contribution >= 0.6 is 0 Å². The number of likely N-dealkylation sites (tertiary alicyclic amines) is 1. The fraction of sp³-hybridized carbons (Fsp3) is 0.550. The summed E-state index contributed by atoms with van der Waals surface area (Å²) in [5.74, 6) is 0.150. The highest BCUT2D eigenvalue weighted by Gasteiger charge is 2.42. The molecule has 2 heterocycles. The highest BCUT2D eigenvalue weighted by Crippen LogP contribution is 2.26. The maximum Gasteiger partial charge on any atom is 0.324 e. The van der Waals surface area contributed by atoms with E-state index in [0.717, 1.165) is 10.6 Å². The molecule has 0 aliphatic carbocycles. The Labute approximate surface area is 160 Å². The molecule has 2 N–H and O–H groups in total. The van der Waals surface area contributed by atoms with Crippen LogP contribution in [0.25, 0.3) is 0 Å². The number of amides is 4. The van der Waals surface area contributed by atoms with Crippen molar-refractivity contribution in [3.63, 3.8) is 0 Å². The highest BCUT2D eigenvalue weighted by molar-refractivity contribution is 6.04. The molecule has 0 spiro atoms. The van der Waals surface area contributed by atoms with Gasteiger partial charge in [0.25, 0.3) is 5.91 Å². The number of benzene rings is 1. The fourth-order valence-electron chi connectivity index (χ4n) is 3.80. The summed E-state index contributed by atoms with van der Waals surface area (Å²) in [7, 11) is 1.50. The largest absolute Gasteiger partial charge is 0.373 e. The Morgan fingerprint density at radius 2 is 1.78 bits per heavy atom. The van der Waals surface area contributed by atoms with E-state index in [1.807, 2.05) is 49.1 Å². The van der Waals surface area contributed by atoms with Crippen LogP contribution in [0.3, 0.4) is 0 Å². The first-order valence-electron chi connectivity index (χ1n) is 9.57. The van der Waals surface area contributed by atoms with Gasteiger partial charge >= 0.3 is 6.03 Å². The first-order chi connectivity index (χ1) is 12.9. The minimum absolute atomic E-state index is 0.0787. The molecule has 146 valence electrons. The standard InChI is InChI=1S/C20H28N4O3/c1-13(2)16(21-15-7-5-4-6-8-15)19(26)24-11-9-14(10-12-24)17-18(25)23(3)20(27)22-17/h4-8,13-14,16-17,21H,9-12H2,1-3H3,(H,22,27)/t16-,17?/m0/s1. The average molecular weight is 372 g/mol. The number of urea groups is 1. The molecule has 2 aliphatic rings. The lowest BCUT2D eigenvalue weighted by molar-refractivity contribution is -0.134. The Morgan fingerprint density at radius 1 is 1.15 bits per heavy atom. The van der Waals surface area contributed by atoms with Gasteiger partial charge in [-0.05, 0) is 36.8 Å². The molecular formula is C20H28N4O3. The smallest absolute Gasteiger partial charge is 0.324 e. The van der Waals surface area contributed by atoms with Crippen LogP contribution in [0.2, 0.25) is 0 Å². The van der Waals surface area contributed by atoms with Crippen LogP contribution in [-0.4, -0.2) is 59.9 Å². The zero-order chi connectivity index (χ0) is 19.6. The third-order valence-electron chi connectivity index (χ3n) is 5.53. The van der Waals surface area contributed by atoms with E-state index in [1.54, 1.807) is 0 Å². The molecule has 0 saturated carbocycles. The molecule has 27 heavy (non-hydrogen) atoms. The summed E-state index contributed by atoms with van der Waals surface area (Å²) in [4.78, 5) is 39.9. The summed E-state index contributed by atoms with van der Waals surface area (Å²) < 4.78 is 0. The molecule has 0 radical (unpaired) electrons. The third kappa shape index (κ3) is 4.07. The first kappa shape index (κ1) is 19.2. The van der Waals surface area contributed by atoms with Gasteiger partial charge in [-0.15, -0.1) is 0 Å². The van der Waals surface area contributed by atoms with Gasteiger partial charge in [0.2, 0.25) is 5.91 Å². The number of nitrogens with zero attached hydrogens (tertiary/aromatic N) is 2. The van der Waals surface area contributed by atoms with Crippen molar-refractivity contribution in [2.75, 3.05) is 25.5 Å². The number of para-hydroxylation sites is 1. The van der Waals surface area contributed by atoms with Gasteiger partial charge in [-0.3, -0.25) is 14.5 Å². The monoisotopic (exact) mass is 372 g/mol. The second-order valence-electron chi connectivity index (χ2n) is 7.72. The van der Waals surface area contributed by atoms with Crippen molar-refractivity contribution in [2.45, 2.75) is 38.8 Å². The summed E-state index contributed by atoms with van der Waals surface area (Å²) in [6.45, 7) is 5.28. The van der Waals surface area contributed by atoms with Crippen LogP contribution in [0.4, 0.5) is 10.5 Å². The number of carbonyl (C=O) groups is 3. The molecule has 1 aromatic rings. The molecule has 2 atom stereocenters. The predicted molar refractivity (Wildman–Crippen MR) is 103 cm³/mol. The van der Waals surface area contributed by atoms with Crippen molar-refractivity contribution in [2.24, 2.45) is 11.8 Å². The van der Waals surface area contributed by atoms with Crippen LogP contribution < -0.4 is 10.6 Å². The van der Waals surface area contributed by atoms with E-state index in [9.17, 15) is 14.4 Å². The minimum Gasteiger partial charge on any atom is -0.373 e. The number of carbonyl (C=O) groups excluding carboxylic acids is 3. The van der Waals surface area contributed by atoms with E-state index in [4.69, 9.17) is 0 Å². The number of piperidine rings is 1. The lowest BCUT2D eigenvalue weighted by Crippen LogP contribution is -2.51. The molecule has 2 aliphatic heterocycles. The Kier molecular flexibility index (Phi) is 5.68. The van der Waals surface area contributed by atoms with Crippen molar-refractivity contribution in [1.29, 1.82) is 0 Å². The first-order valence-corrected chi connectivity index (χ1v) is 9.57. The molecule has 3 rings (SSSR count). The van der Waals surface area contributed by atoms with Gasteiger partial charge in [0.05, 0.1) is 0 Å². The summed E-state index contributed by atoms with van der Waals surface area (Å²) in [6, 6.07) is 8.67. The number of hydrogen-bond acceptors (Lipinski definition) is 4. The van der Waals surface area contributed by atoms with E-state index >= 15 is 0 Å². The van der Waals surface area contributed by atoms with Crippen LogP contribution in [0.15, 0.2) is 30.3 Å². The van der Waals surface area contributed by atoms with E-state index < -0.39 is 6.04 Å². The third-order valence-corrected chi connectivity index (χ3v) is 5.53. The molecule has 1 unspecified atom stereocenters. The van der Waals surface area contributed by atoms with Gasteiger partial charge in [-0.1, -0.05) is 32.0 Å². The number of likely N-dealkylation sites (N-methyl/N-ethyl adjacent to an activating group) is 1. The Bertz CT molecular complexity index is 698. The van der Waals surface area contributed by atoms with Crippen LogP contribution in [0.1, 0.15) is 26.7 Å². The summed E-state index contributed by atoms with van der Waals surface area (Å²) >= 11 is 0. The van der Waals surface area contributed by atoms with E-state index in [0.29, 0.717) is 25.9 Å². The maximum absolute atomic E-state index is 13.1.